The summed E-state index contributed by atoms with van der Waals surface area (Å²) in [6.07, 6.45) is 0. The standard InChI is InChI=1S/C23H22IN3O4S2/c1-27(15-16-6-4-3-5-7-16)33(29,30)19-11-9-18(10-12-19)25-23(32)26-22(28)17-8-13-21(31-2)20(24)14-17/h3-14H,15H2,1-2H3,(H2,25,26,28,32). The van der Waals surface area contributed by atoms with Crippen molar-refractivity contribution in [3.63, 3.8) is 0 Å². The first kappa shape index (κ1) is 25.1. The van der Waals surface area contributed by atoms with E-state index in [-0.39, 0.29) is 22.5 Å². The lowest BCUT2D eigenvalue weighted by molar-refractivity contribution is 0.0977. The predicted molar refractivity (Wildman–Crippen MR) is 141 cm³/mol. The fourth-order valence-corrected chi connectivity index (χ4v) is 5.07. The van der Waals surface area contributed by atoms with Gasteiger partial charge in [0.05, 0.1) is 15.6 Å². The van der Waals surface area contributed by atoms with Gasteiger partial charge in [0.15, 0.2) is 5.11 Å². The van der Waals surface area contributed by atoms with Gasteiger partial charge < -0.3 is 10.1 Å². The van der Waals surface area contributed by atoms with Gasteiger partial charge in [-0.15, -0.1) is 0 Å². The fourth-order valence-electron chi connectivity index (χ4n) is 2.96. The first-order valence-corrected chi connectivity index (χ1v) is 12.7. The molecule has 0 saturated carbocycles. The second kappa shape index (κ2) is 11.1. The molecule has 2 N–H and O–H groups in total. The van der Waals surface area contributed by atoms with Gasteiger partial charge >= 0.3 is 0 Å². The van der Waals surface area contributed by atoms with Crippen molar-refractivity contribution in [3.05, 3.63) is 87.5 Å². The van der Waals surface area contributed by atoms with Crippen molar-refractivity contribution in [3.8, 4) is 5.75 Å². The normalized spacial score (nSPS) is 11.2. The number of sulfonamides is 1. The summed E-state index contributed by atoms with van der Waals surface area (Å²) >= 11 is 7.30. The minimum Gasteiger partial charge on any atom is -0.496 e. The molecule has 0 unspecified atom stereocenters. The lowest BCUT2D eigenvalue weighted by Gasteiger charge is -2.18. The van der Waals surface area contributed by atoms with Crippen LogP contribution < -0.4 is 15.4 Å². The van der Waals surface area contributed by atoms with Crippen LogP contribution in [0.3, 0.4) is 0 Å². The van der Waals surface area contributed by atoms with Crippen molar-refractivity contribution < 1.29 is 17.9 Å². The van der Waals surface area contributed by atoms with Crippen LogP contribution in [0.2, 0.25) is 0 Å². The average molecular weight is 595 g/mol. The van der Waals surface area contributed by atoms with E-state index in [0.29, 0.717) is 17.0 Å². The Morgan fingerprint density at radius 3 is 2.33 bits per heavy atom. The Morgan fingerprint density at radius 2 is 1.73 bits per heavy atom. The number of hydrogen-bond acceptors (Lipinski definition) is 5. The quantitative estimate of drug-likeness (QED) is 0.314. The Hall–Kier alpha value is -2.54. The van der Waals surface area contributed by atoms with Crippen molar-refractivity contribution in [2.75, 3.05) is 19.5 Å². The molecule has 0 radical (unpaired) electrons. The summed E-state index contributed by atoms with van der Waals surface area (Å²) in [5, 5.41) is 5.60. The number of hydrogen-bond donors (Lipinski definition) is 2. The van der Waals surface area contributed by atoms with Crippen LogP contribution in [0, 0.1) is 3.57 Å². The Morgan fingerprint density at radius 1 is 1.06 bits per heavy atom. The van der Waals surface area contributed by atoms with Gasteiger partial charge in [-0.05, 0) is 82.8 Å². The molecule has 3 aromatic carbocycles. The molecule has 0 aliphatic carbocycles. The van der Waals surface area contributed by atoms with E-state index in [1.165, 1.54) is 16.4 Å². The van der Waals surface area contributed by atoms with E-state index in [2.05, 4.69) is 33.2 Å². The van der Waals surface area contributed by atoms with E-state index in [0.717, 1.165) is 9.13 Å². The number of rotatable bonds is 7. The lowest BCUT2D eigenvalue weighted by atomic mass is 10.2. The molecule has 0 aliphatic rings. The molecule has 10 heteroatoms. The SMILES string of the molecule is COc1ccc(C(=O)NC(=S)Nc2ccc(S(=O)(=O)N(C)Cc3ccccc3)cc2)cc1I. The maximum absolute atomic E-state index is 12.9. The second-order valence-electron chi connectivity index (χ2n) is 7.03. The number of anilines is 1. The van der Waals surface area contributed by atoms with Crippen LogP contribution in [-0.4, -0.2) is 37.9 Å². The summed E-state index contributed by atoms with van der Waals surface area (Å²) in [6.45, 7) is 0.267. The molecule has 0 spiro atoms. The molecule has 0 bridgehead atoms. The van der Waals surface area contributed by atoms with Crippen molar-refractivity contribution in [2.45, 2.75) is 11.4 Å². The van der Waals surface area contributed by atoms with Gasteiger partial charge in [-0.25, -0.2) is 8.42 Å². The summed E-state index contributed by atoms with van der Waals surface area (Å²) in [4.78, 5) is 12.6. The van der Waals surface area contributed by atoms with Crippen molar-refractivity contribution >= 4 is 61.5 Å². The average Bonchev–Trinajstić information content (AvgIpc) is 2.80. The van der Waals surface area contributed by atoms with Crippen molar-refractivity contribution in [1.82, 2.24) is 9.62 Å². The third-order valence-electron chi connectivity index (χ3n) is 4.71. The first-order chi connectivity index (χ1) is 15.7. The third kappa shape index (κ3) is 6.50. The van der Waals surface area contributed by atoms with Crippen LogP contribution in [0.5, 0.6) is 5.75 Å². The number of thiocarbonyl (C=S) groups is 1. The molecule has 3 aromatic rings. The zero-order chi connectivity index (χ0) is 24.0. The maximum Gasteiger partial charge on any atom is 0.257 e. The number of methoxy groups -OCH3 is 1. The summed E-state index contributed by atoms with van der Waals surface area (Å²) in [5.74, 6) is 0.312. The van der Waals surface area contributed by atoms with E-state index < -0.39 is 10.0 Å². The zero-order valence-electron chi connectivity index (χ0n) is 17.9. The highest BCUT2D eigenvalue weighted by Crippen LogP contribution is 2.22. The van der Waals surface area contributed by atoms with E-state index in [4.69, 9.17) is 17.0 Å². The van der Waals surface area contributed by atoms with Gasteiger partial charge in [-0.2, -0.15) is 4.31 Å². The summed E-state index contributed by atoms with van der Waals surface area (Å²) in [6, 6.07) is 20.6. The molecule has 0 atom stereocenters. The van der Waals surface area contributed by atoms with E-state index >= 15 is 0 Å². The van der Waals surface area contributed by atoms with Crippen LogP contribution in [0.4, 0.5) is 5.69 Å². The smallest absolute Gasteiger partial charge is 0.257 e. The van der Waals surface area contributed by atoms with Crippen LogP contribution in [0.15, 0.2) is 77.7 Å². The largest absolute Gasteiger partial charge is 0.496 e. The summed E-state index contributed by atoms with van der Waals surface area (Å²) in [7, 11) is -0.551. The highest BCUT2D eigenvalue weighted by atomic mass is 127. The Labute approximate surface area is 212 Å². The monoisotopic (exact) mass is 595 g/mol. The summed E-state index contributed by atoms with van der Waals surface area (Å²) in [5.41, 5.74) is 1.89. The first-order valence-electron chi connectivity index (χ1n) is 9.77. The van der Waals surface area contributed by atoms with E-state index in [1.54, 1.807) is 44.5 Å². The number of ether oxygens (including phenoxy) is 1. The molecule has 0 heterocycles. The van der Waals surface area contributed by atoms with Gasteiger partial charge in [0.25, 0.3) is 5.91 Å². The van der Waals surface area contributed by atoms with Crippen LogP contribution in [-0.2, 0) is 16.6 Å². The van der Waals surface area contributed by atoms with Crippen molar-refractivity contribution in [2.24, 2.45) is 0 Å². The highest BCUT2D eigenvalue weighted by molar-refractivity contribution is 14.1. The van der Waals surface area contributed by atoms with Gasteiger partial charge in [-0.3, -0.25) is 10.1 Å². The summed E-state index contributed by atoms with van der Waals surface area (Å²) < 4.78 is 33.0. The fraction of sp³-hybridized carbons (Fsp3) is 0.130. The Kier molecular flexibility index (Phi) is 8.40. The van der Waals surface area contributed by atoms with Crippen LogP contribution in [0.25, 0.3) is 0 Å². The molecular weight excluding hydrogens is 573 g/mol. The van der Waals surface area contributed by atoms with Gasteiger partial charge in [0.1, 0.15) is 5.75 Å². The van der Waals surface area contributed by atoms with Crippen LogP contribution in [0.1, 0.15) is 15.9 Å². The molecule has 0 saturated heterocycles. The number of carbonyl (C=O) groups is 1. The number of nitrogens with zero attached hydrogens (tertiary/aromatic N) is 1. The lowest BCUT2D eigenvalue weighted by Crippen LogP contribution is -2.34. The minimum absolute atomic E-state index is 0.0997. The van der Waals surface area contributed by atoms with Gasteiger partial charge in [0.2, 0.25) is 10.0 Å². The van der Waals surface area contributed by atoms with Crippen molar-refractivity contribution in [1.29, 1.82) is 0 Å². The minimum atomic E-state index is -3.66. The maximum atomic E-state index is 12.9. The number of benzene rings is 3. The molecule has 7 nitrogen and oxygen atoms in total. The number of carbonyl (C=O) groups excluding carboxylic acids is 1. The predicted octanol–water partition coefficient (Wildman–Crippen LogP) is 4.25. The molecule has 3 rings (SSSR count). The second-order valence-corrected chi connectivity index (χ2v) is 10.6. The molecule has 33 heavy (non-hydrogen) atoms. The highest BCUT2D eigenvalue weighted by Gasteiger charge is 2.21. The molecule has 0 aliphatic heterocycles. The van der Waals surface area contributed by atoms with Gasteiger partial charge in [-0.1, -0.05) is 30.3 Å². The number of nitrogens with one attached hydrogen (secondary N) is 2. The Bertz CT molecular complexity index is 1250. The number of amides is 1. The Balaban J connectivity index is 1.62. The molecular formula is C23H22IN3O4S2. The molecule has 0 fully saturated rings. The molecule has 172 valence electrons. The van der Waals surface area contributed by atoms with E-state index in [9.17, 15) is 13.2 Å². The molecule has 1 amide bonds. The number of halogens is 1. The third-order valence-corrected chi connectivity index (χ3v) is 7.57. The molecule has 0 aromatic heterocycles. The van der Waals surface area contributed by atoms with E-state index in [1.807, 2.05) is 30.3 Å². The zero-order valence-corrected chi connectivity index (χ0v) is 21.7. The van der Waals surface area contributed by atoms with Gasteiger partial charge in [0, 0.05) is 24.8 Å². The topological polar surface area (TPSA) is 87.7 Å². The van der Waals surface area contributed by atoms with Crippen LogP contribution >= 0.6 is 34.8 Å².